The first-order valence-electron chi connectivity index (χ1n) is 11.2. The molecule has 0 bridgehead atoms. The smallest absolute Gasteiger partial charge is 0.191 e. The summed E-state index contributed by atoms with van der Waals surface area (Å²) in [6, 6.07) is 4.15. The van der Waals surface area contributed by atoms with E-state index in [0.717, 1.165) is 90.2 Å². The topological polar surface area (TPSA) is 74.2 Å². The van der Waals surface area contributed by atoms with Gasteiger partial charge in [-0.3, -0.25) is 4.99 Å². The maximum absolute atomic E-state index is 5.84. The lowest BCUT2D eigenvalue weighted by Crippen LogP contribution is -2.45. The molecule has 2 aliphatic rings. The summed E-state index contributed by atoms with van der Waals surface area (Å²) in [6.45, 7) is 9.11. The molecule has 0 aliphatic carbocycles. The summed E-state index contributed by atoms with van der Waals surface area (Å²) in [5.41, 5.74) is 1.20. The zero-order valence-electron chi connectivity index (χ0n) is 18.6. The third-order valence-electron chi connectivity index (χ3n) is 5.79. The van der Waals surface area contributed by atoms with Gasteiger partial charge in [-0.05, 0) is 38.3 Å². The van der Waals surface area contributed by atoms with Crippen LogP contribution in [0, 0.1) is 5.92 Å². The molecule has 2 saturated heterocycles. The number of nitrogens with one attached hydrogen (secondary N) is 2. The molecule has 3 rings (SSSR count). The van der Waals surface area contributed by atoms with Gasteiger partial charge in [0.25, 0.3) is 0 Å². The van der Waals surface area contributed by atoms with Gasteiger partial charge in [-0.25, -0.2) is 4.98 Å². The van der Waals surface area contributed by atoms with E-state index in [0.29, 0.717) is 12.5 Å². The number of guanidine groups is 1. The van der Waals surface area contributed by atoms with Crippen LogP contribution in [-0.2, 0) is 16.0 Å². The summed E-state index contributed by atoms with van der Waals surface area (Å²) in [5, 5.41) is 6.80. The van der Waals surface area contributed by atoms with Crippen LogP contribution < -0.4 is 15.5 Å². The number of aliphatic imine (C=N–C) groups is 1. The lowest BCUT2D eigenvalue weighted by molar-refractivity contribution is 0.0203. The first-order valence-corrected chi connectivity index (χ1v) is 11.2. The summed E-state index contributed by atoms with van der Waals surface area (Å²) >= 11 is 0. The van der Waals surface area contributed by atoms with E-state index in [2.05, 4.69) is 43.5 Å². The Bertz CT molecular complexity index is 642. The largest absolute Gasteiger partial charge is 0.381 e. The number of nitrogens with zero attached hydrogens (tertiary/aromatic N) is 4. The van der Waals surface area contributed by atoms with Crippen molar-refractivity contribution in [1.29, 1.82) is 0 Å². The predicted molar refractivity (Wildman–Crippen MR) is 121 cm³/mol. The van der Waals surface area contributed by atoms with Crippen LogP contribution in [0.1, 0.15) is 24.8 Å². The monoisotopic (exact) mass is 418 g/mol. The van der Waals surface area contributed by atoms with Crippen LogP contribution in [0.5, 0.6) is 0 Å². The van der Waals surface area contributed by atoms with Crippen LogP contribution in [0.4, 0.5) is 5.82 Å². The van der Waals surface area contributed by atoms with Gasteiger partial charge in [0.2, 0.25) is 0 Å². The van der Waals surface area contributed by atoms with E-state index in [1.807, 2.05) is 19.3 Å². The maximum atomic E-state index is 5.84. The van der Waals surface area contributed by atoms with Gasteiger partial charge in [-0.1, -0.05) is 6.07 Å². The second-order valence-electron chi connectivity index (χ2n) is 8.11. The average Bonchev–Trinajstić information content (AvgIpc) is 2.79. The molecule has 3 heterocycles. The van der Waals surface area contributed by atoms with Crippen molar-refractivity contribution in [3.8, 4) is 0 Å². The van der Waals surface area contributed by atoms with E-state index in [9.17, 15) is 0 Å². The number of piperazine rings is 1. The molecule has 2 fully saturated rings. The van der Waals surface area contributed by atoms with E-state index in [4.69, 9.17) is 9.47 Å². The summed E-state index contributed by atoms with van der Waals surface area (Å²) in [4.78, 5) is 13.7. The molecule has 0 atom stereocenters. The van der Waals surface area contributed by atoms with Gasteiger partial charge in [-0.15, -0.1) is 0 Å². The zero-order valence-corrected chi connectivity index (χ0v) is 18.6. The molecule has 0 unspecified atom stereocenters. The van der Waals surface area contributed by atoms with E-state index < -0.39 is 0 Å². The number of likely N-dealkylation sites (N-methyl/N-ethyl adjacent to an activating group) is 1. The van der Waals surface area contributed by atoms with Crippen LogP contribution in [-0.4, -0.2) is 89.1 Å². The Labute approximate surface area is 181 Å². The minimum absolute atomic E-state index is 0.662. The standard InChI is InChI=1S/C22H38N6O2/c1-23-22(25-9-4-14-30-18-19-6-15-29-16-7-19)26-17-20-5-3-8-24-21(20)28-12-10-27(2)11-13-28/h3,5,8,19H,4,6-7,9-18H2,1-2H3,(H2,23,25,26). The van der Waals surface area contributed by atoms with E-state index in [1.54, 1.807) is 0 Å². The first-order chi connectivity index (χ1) is 14.8. The van der Waals surface area contributed by atoms with Crippen molar-refractivity contribution in [3.05, 3.63) is 23.9 Å². The van der Waals surface area contributed by atoms with Gasteiger partial charge < -0.3 is 29.9 Å². The van der Waals surface area contributed by atoms with Gasteiger partial charge in [0.05, 0.1) is 0 Å². The molecule has 1 aromatic heterocycles. The van der Waals surface area contributed by atoms with Gasteiger partial charge in [0, 0.05) is 84.5 Å². The Morgan fingerprint density at radius 2 is 2.03 bits per heavy atom. The fraction of sp³-hybridized carbons (Fsp3) is 0.727. The number of ether oxygens (including phenoxy) is 2. The fourth-order valence-electron chi connectivity index (χ4n) is 3.81. The molecular formula is C22H38N6O2. The van der Waals surface area contributed by atoms with Crippen LogP contribution >= 0.6 is 0 Å². The zero-order chi connectivity index (χ0) is 21.0. The second kappa shape index (κ2) is 12.7. The third kappa shape index (κ3) is 7.41. The number of aromatic nitrogens is 1. The molecule has 0 amide bonds. The average molecular weight is 419 g/mol. The van der Waals surface area contributed by atoms with Gasteiger partial charge in [0.1, 0.15) is 5.82 Å². The molecule has 0 aromatic carbocycles. The Morgan fingerprint density at radius 1 is 1.23 bits per heavy atom. The highest BCUT2D eigenvalue weighted by atomic mass is 16.5. The van der Waals surface area contributed by atoms with Crippen molar-refractivity contribution in [2.24, 2.45) is 10.9 Å². The van der Waals surface area contributed by atoms with Gasteiger partial charge >= 0.3 is 0 Å². The van der Waals surface area contributed by atoms with Crippen LogP contribution in [0.3, 0.4) is 0 Å². The number of rotatable bonds is 9. The highest BCUT2D eigenvalue weighted by Crippen LogP contribution is 2.18. The molecule has 168 valence electrons. The minimum atomic E-state index is 0.662. The van der Waals surface area contributed by atoms with Crippen molar-refractivity contribution >= 4 is 11.8 Å². The molecule has 0 spiro atoms. The Kier molecular flexibility index (Phi) is 9.66. The van der Waals surface area contributed by atoms with Crippen molar-refractivity contribution in [2.75, 3.05) is 78.1 Å². The number of hydrogen-bond donors (Lipinski definition) is 2. The highest BCUT2D eigenvalue weighted by molar-refractivity contribution is 5.79. The number of pyridine rings is 1. The molecule has 2 N–H and O–H groups in total. The molecular weight excluding hydrogens is 380 g/mol. The van der Waals surface area contributed by atoms with E-state index >= 15 is 0 Å². The van der Waals surface area contributed by atoms with Crippen LogP contribution in [0.25, 0.3) is 0 Å². The van der Waals surface area contributed by atoms with E-state index in [-0.39, 0.29) is 0 Å². The van der Waals surface area contributed by atoms with Crippen molar-refractivity contribution < 1.29 is 9.47 Å². The number of anilines is 1. The summed E-state index contributed by atoms with van der Waals surface area (Å²) in [7, 11) is 3.98. The Hall–Kier alpha value is -1.90. The molecule has 30 heavy (non-hydrogen) atoms. The minimum Gasteiger partial charge on any atom is -0.381 e. The summed E-state index contributed by atoms with van der Waals surface area (Å²) in [5.74, 6) is 2.55. The predicted octanol–water partition coefficient (Wildman–Crippen LogP) is 1.33. The second-order valence-corrected chi connectivity index (χ2v) is 8.11. The van der Waals surface area contributed by atoms with Crippen LogP contribution in [0.15, 0.2) is 23.3 Å². The number of hydrogen-bond acceptors (Lipinski definition) is 6. The highest BCUT2D eigenvalue weighted by Gasteiger charge is 2.18. The molecule has 2 aliphatic heterocycles. The Balaban J connectivity index is 1.35. The molecule has 0 saturated carbocycles. The normalized spacial score (nSPS) is 19.1. The van der Waals surface area contributed by atoms with Crippen molar-refractivity contribution in [1.82, 2.24) is 20.5 Å². The third-order valence-corrected chi connectivity index (χ3v) is 5.79. The molecule has 0 radical (unpaired) electrons. The summed E-state index contributed by atoms with van der Waals surface area (Å²) in [6.07, 6.45) is 5.09. The molecule has 8 heteroatoms. The van der Waals surface area contributed by atoms with Crippen molar-refractivity contribution in [3.63, 3.8) is 0 Å². The van der Waals surface area contributed by atoms with Crippen molar-refractivity contribution in [2.45, 2.75) is 25.8 Å². The maximum Gasteiger partial charge on any atom is 0.191 e. The SMILES string of the molecule is CN=C(NCCCOCC1CCOCC1)NCc1cccnc1N1CCN(C)CC1. The first kappa shape index (κ1) is 22.8. The fourth-order valence-corrected chi connectivity index (χ4v) is 3.81. The lowest BCUT2D eigenvalue weighted by atomic mass is 10.0. The van der Waals surface area contributed by atoms with Gasteiger partial charge in [-0.2, -0.15) is 0 Å². The lowest BCUT2D eigenvalue weighted by Gasteiger charge is -2.34. The van der Waals surface area contributed by atoms with Crippen LogP contribution in [0.2, 0.25) is 0 Å². The molecule has 1 aromatic rings. The summed E-state index contributed by atoms with van der Waals surface area (Å²) < 4.78 is 11.2. The Morgan fingerprint density at radius 3 is 2.80 bits per heavy atom. The van der Waals surface area contributed by atoms with Gasteiger partial charge in [0.15, 0.2) is 5.96 Å². The molecule has 8 nitrogen and oxygen atoms in total. The quantitative estimate of drug-likeness (QED) is 0.356. The van der Waals surface area contributed by atoms with E-state index in [1.165, 1.54) is 5.56 Å².